The fraction of sp³-hybridized carbons (Fsp3) is 0.364. The van der Waals surface area contributed by atoms with Crippen LogP contribution in [-0.2, 0) is 6.42 Å². The molecule has 27 heavy (non-hydrogen) atoms. The predicted molar refractivity (Wildman–Crippen MR) is 111 cm³/mol. The SMILES string of the molecule is CN(CCc1ccccc1)C1CCN(C(=O)c2nc3ccccc3s2)CC1. The van der Waals surface area contributed by atoms with Gasteiger partial charge in [-0.15, -0.1) is 11.3 Å². The summed E-state index contributed by atoms with van der Waals surface area (Å²) in [5, 5.41) is 0.618. The standard InChI is InChI=1S/C22H25N3OS/c1-24(14-11-17-7-3-2-4-8-17)18-12-15-25(16-13-18)22(26)21-23-19-9-5-6-10-20(19)27-21/h2-10,18H,11-16H2,1H3. The summed E-state index contributed by atoms with van der Waals surface area (Å²) in [7, 11) is 2.21. The number of amides is 1. The molecule has 0 aliphatic carbocycles. The first-order valence-corrected chi connectivity index (χ1v) is 10.4. The van der Waals surface area contributed by atoms with Crippen molar-refractivity contribution in [3.05, 3.63) is 65.2 Å². The number of nitrogens with zero attached hydrogens (tertiary/aromatic N) is 3. The summed E-state index contributed by atoms with van der Waals surface area (Å²) in [4.78, 5) is 21.8. The van der Waals surface area contributed by atoms with Crippen molar-refractivity contribution >= 4 is 27.5 Å². The second kappa shape index (κ2) is 8.19. The molecule has 1 aliphatic heterocycles. The third kappa shape index (κ3) is 4.20. The lowest BCUT2D eigenvalue weighted by Crippen LogP contribution is -2.46. The summed E-state index contributed by atoms with van der Waals surface area (Å²) < 4.78 is 1.08. The van der Waals surface area contributed by atoms with E-state index in [4.69, 9.17) is 0 Å². The Hall–Kier alpha value is -2.24. The van der Waals surface area contributed by atoms with Crippen molar-refractivity contribution in [1.29, 1.82) is 0 Å². The molecule has 140 valence electrons. The van der Waals surface area contributed by atoms with Crippen molar-refractivity contribution in [1.82, 2.24) is 14.8 Å². The molecule has 4 rings (SSSR count). The number of para-hydroxylation sites is 1. The van der Waals surface area contributed by atoms with Gasteiger partial charge < -0.3 is 9.80 Å². The fourth-order valence-corrected chi connectivity index (χ4v) is 4.67. The topological polar surface area (TPSA) is 36.4 Å². The third-order valence-electron chi connectivity index (χ3n) is 5.45. The van der Waals surface area contributed by atoms with Gasteiger partial charge in [0.05, 0.1) is 10.2 Å². The molecule has 1 aliphatic rings. The molecule has 1 saturated heterocycles. The van der Waals surface area contributed by atoms with E-state index < -0.39 is 0 Å². The Morgan fingerprint density at radius 1 is 1.11 bits per heavy atom. The van der Waals surface area contributed by atoms with Crippen LogP contribution in [0.1, 0.15) is 28.2 Å². The number of likely N-dealkylation sites (tertiary alicyclic amines) is 1. The second-order valence-electron chi connectivity index (χ2n) is 7.23. The van der Waals surface area contributed by atoms with E-state index in [1.807, 2.05) is 29.2 Å². The monoisotopic (exact) mass is 379 g/mol. The summed E-state index contributed by atoms with van der Waals surface area (Å²) >= 11 is 1.50. The smallest absolute Gasteiger partial charge is 0.282 e. The summed E-state index contributed by atoms with van der Waals surface area (Å²) in [6.07, 6.45) is 3.13. The van der Waals surface area contributed by atoms with Crippen LogP contribution in [0, 0.1) is 0 Å². The van der Waals surface area contributed by atoms with Gasteiger partial charge in [-0.3, -0.25) is 4.79 Å². The Bertz CT molecular complexity index is 867. The van der Waals surface area contributed by atoms with Crippen LogP contribution in [0.3, 0.4) is 0 Å². The third-order valence-corrected chi connectivity index (χ3v) is 6.47. The highest BCUT2D eigenvalue weighted by Crippen LogP contribution is 2.24. The van der Waals surface area contributed by atoms with Crippen LogP contribution in [0.2, 0.25) is 0 Å². The van der Waals surface area contributed by atoms with Crippen LogP contribution >= 0.6 is 11.3 Å². The van der Waals surface area contributed by atoms with E-state index in [1.54, 1.807) is 0 Å². The van der Waals surface area contributed by atoms with E-state index in [9.17, 15) is 4.79 Å². The highest BCUT2D eigenvalue weighted by Gasteiger charge is 2.27. The van der Waals surface area contributed by atoms with Crippen LogP contribution in [0.4, 0.5) is 0 Å². The van der Waals surface area contributed by atoms with Gasteiger partial charge in [0.2, 0.25) is 0 Å². The molecule has 0 bridgehead atoms. The van der Waals surface area contributed by atoms with Crippen LogP contribution < -0.4 is 0 Å². The van der Waals surface area contributed by atoms with Crippen molar-refractivity contribution < 1.29 is 4.79 Å². The number of aromatic nitrogens is 1. The molecule has 2 heterocycles. The molecule has 0 saturated carbocycles. The highest BCUT2D eigenvalue weighted by atomic mass is 32.1. The van der Waals surface area contributed by atoms with Crippen molar-refractivity contribution in [2.24, 2.45) is 0 Å². The number of hydrogen-bond donors (Lipinski definition) is 0. The molecular formula is C22H25N3OS. The Labute approximate surface area is 164 Å². The van der Waals surface area contributed by atoms with Crippen LogP contribution in [-0.4, -0.2) is 53.4 Å². The molecular weight excluding hydrogens is 354 g/mol. The van der Waals surface area contributed by atoms with Crippen molar-refractivity contribution in [3.63, 3.8) is 0 Å². The average Bonchev–Trinajstić information content (AvgIpc) is 3.16. The van der Waals surface area contributed by atoms with Gasteiger partial charge in [-0.1, -0.05) is 42.5 Å². The molecule has 5 heteroatoms. The zero-order chi connectivity index (χ0) is 18.6. The molecule has 0 radical (unpaired) electrons. The predicted octanol–water partition coefficient (Wildman–Crippen LogP) is 4.08. The molecule has 2 aromatic carbocycles. The van der Waals surface area contributed by atoms with E-state index in [1.165, 1.54) is 16.9 Å². The molecule has 3 aromatic rings. The summed E-state index contributed by atoms with van der Waals surface area (Å²) in [5.74, 6) is 0.0848. The lowest BCUT2D eigenvalue weighted by Gasteiger charge is -2.36. The Morgan fingerprint density at radius 3 is 2.56 bits per heavy atom. The molecule has 0 spiro atoms. The molecule has 0 atom stereocenters. The average molecular weight is 380 g/mol. The van der Waals surface area contributed by atoms with E-state index in [0.717, 1.165) is 49.1 Å². The maximum Gasteiger partial charge on any atom is 0.282 e. The molecule has 4 nitrogen and oxygen atoms in total. The Kier molecular flexibility index (Phi) is 5.50. The number of benzene rings is 2. The number of thiazole rings is 1. The first kappa shape index (κ1) is 18.1. The van der Waals surface area contributed by atoms with E-state index in [0.29, 0.717) is 11.0 Å². The van der Waals surface area contributed by atoms with Gasteiger partial charge in [-0.2, -0.15) is 0 Å². The van der Waals surface area contributed by atoms with Gasteiger partial charge >= 0.3 is 0 Å². The lowest BCUT2D eigenvalue weighted by atomic mass is 10.0. The maximum atomic E-state index is 12.8. The normalized spacial score (nSPS) is 15.6. The van der Waals surface area contributed by atoms with Crippen LogP contribution in [0.15, 0.2) is 54.6 Å². The fourth-order valence-electron chi connectivity index (χ4n) is 3.74. The minimum atomic E-state index is 0.0848. The first-order valence-electron chi connectivity index (χ1n) is 9.60. The van der Waals surface area contributed by atoms with Crippen LogP contribution in [0.25, 0.3) is 10.2 Å². The number of fused-ring (bicyclic) bond motifs is 1. The van der Waals surface area contributed by atoms with Gasteiger partial charge in [0, 0.05) is 25.7 Å². The molecule has 1 amide bonds. The van der Waals surface area contributed by atoms with E-state index in [-0.39, 0.29) is 5.91 Å². The zero-order valence-corrected chi connectivity index (χ0v) is 16.5. The highest BCUT2D eigenvalue weighted by molar-refractivity contribution is 7.20. The summed E-state index contributed by atoms with van der Waals surface area (Å²) in [6.45, 7) is 2.69. The van der Waals surface area contributed by atoms with Gasteiger partial charge in [0.15, 0.2) is 5.01 Å². The van der Waals surface area contributed by atoms with E-state index >= 15 is 0 Å². The molecule has 1 fully saturated rings. The number of carbonyl (C=O) groups is 1. The lowest BCUT2D eigenvalue weighted by molar-refractivity contribution is 0.0647. The number of likely N-dealkylation sites (N-methyl/N-ethyl adjacent to an activating group) is 1. The molecule has 1 aromatic heterocycles. The van der Waals surface area contributed by atoms with E-state index in [2.05, 4.69) is 47.3 Å². The van der Waals surface area contributed by atoms with Crippen LogP contribution in [0.5, 0.6) is 0 Å². The van der Waals surface area contributed by atoms with Gasteiger partial charge in [-0.05, 0) is 44.0 Å². The van der Waals surface area contributed by atoms with Crippen molar-refractivity contribution in [2.45, 2.75) is 25.3 Å². The number of rotatable bonds is 5. The summed E-state index contributed by atoms with van der Waals surface area (Å²) in [5.41, 5.74) is 2.30. The van der Waals surface area contributed by atoms with Gasteiger partial charge in [-0.25, -0.2) is 4.98 Å². The van der Waals surface area contributed by atoms with Gasteiger partial charge in [0.1, 0.15) is 0 Å². The Balaban J connectivity index is 1.30. The Morgan fingerprint density at radius 2 is 1.81 bits per heavy atom. The summed E-state index contributed by atoms with van der Waals surface area (Å²) in [6, 6.07) is 19.1. The minimum Gasteiger partial charge on any atom is -0.336 e. The molecule has 0 N–H and O–H groups in total. The number of carbonyl (C=O) groups excluding carboxylic acids is 1. The number of piperidine rings is 1. The quantitative estimate of drug-likeness (QED) is 0.670. The van der Waals surface area contributed by atoms with Crippen molar-refractivity contribution in [2.75, 3.05) is 26.7 Å². The number of hydrogen-bond acceptors (Lipinski definition) is 4. The van der Waals surface area contributed by atoms with Crippen molar-refractivity contribution in [3.8, 4) is 0 Å². The largest absolute Gasteiger partial charge is 0.336 e. The zero-order valence-electron chi connectivity index (χ0n) is 15.7. The molecule has 0 unspecified atom stereocenters. The van der Waals surface area contributed by atoms with Gasteiger partial charge in [0.25, 0.3) is 5.91 Å². The first-order chi connectivity index (χ1) is 13.2. The second-order valence-corrected chi connectivity index (χ2v) is 8.26. The minimum absolute atomic E-state index is 0.0848. The maximum absolute atomic E-state index is 12.8.